The highest BCUT2D eigenvalue weighted by atomic mass is 19.4. The third-order valence-corrected chi connectivity index (χ3v) is 6.49. The molecule has 1 aliphatic carbocycles. The average Bonchev–Trinajstić information content (AvgIpc) is 3.34. The van der Waals surface area contributed by atoms with Gasteiger partial charge in [-0.25, -0.2) is 4.79 Å². The first-order valence-corrected chi connectivity index (χ1v) is 11.2. The molecule has 33 heavy (non-hydrogen) atoms. The van der Waals surface area contributed by atoms with Crippen LogP contribution in [0.25, 0.3) is 0 Å². The van der Waals surface area contributed by atoms with Crippen molar-refractivity contribution >= 4 is 6.03 Å². The number of nitrogens with zero attached hydrogens (tertiary/aromatic N) is 4. The number of alkyl halides is 3. The van der Waals surface area contributed by atoms with E-state index < -0.39 is 12.5 Å². The van der Waals surface area contributed by atoms with Gasteiger partial charge < -0.3 is 24.2 Å². The van der Waals surface area contributed by atoms with E-state index in [9.17, 15) is 23.1 Å². The van der Waals surface area contributed by atoms with E-state index in [1.54, 1.807) is 21.9 Å². The Morgan fingerprint density at radius 2 is 1.76 bits per heavy atom. The predicted molar refractivity (Wildman–Crippen MR) is 109 cm³/mol. The number of amides is 2. The van der Waals surface area contributed by atoms with Gasteiger partial charge in [-0.15, -0.1) is 13.2 Å². The summed E-state index contributed by atoms with van der Waals surface area (Å²) in [6, 6.07) is 5.60. The van der Waals surface area contributed by atoms with Crippen molar-refractivity contribution in [3.05, 3.63) is 41.5 Å². The molecule has 2 amide bonds. The molecule has 3 atom stereocenters. The van der Waals surface area contributed by atoms with Gasteiger partial charge in [0.2, 0.25) is 5.89 Å². The second-order valence-electron chi connectivity index (χ2n) is 9.09. The number of halogens is 3. The van der Waals surface area contributed by atoms with E-state index in [-0.39, 0.29) is 23.6 Å². The number of β-amino-alcohol motifs (C(OH)–C–C–N with tert-alkyl or cyclic N) is 1. The Bertz CT molecular complexity index is 992. The van der Waals surface area contributed by atoms with E-state index in [1.807, 2.05) is 0 Å². The summed E-state index contributed by atoms with van der Waals surface area (Å²) < 4.78 is 47.0. The van der Waals surface area contributed by atoms with Crippen molar-refractivity contribution in [1.82, 2.24) is 19.9 Å². The van der Waals surface area contributed by atoms with Crippen LogP contribution in [0.5, 0.6) is 5.75 Å². The van der Waals surface area contributed by atoms with Crippen molar-refractivity contribution < 1.29 is 32.3 Å². The summed E-state index contributed by atoms with van der Waals surface area (Å²) >= 11 is 0. The summed E-state index contributed by atoms with van der Waals surface area (Å²) in [5.74, 6) is 0.914. The Morgan fingerprint density at radius 1 is 1.03 bits per heavy atom. The van der Waals surface area contributed by atoms with Gasteiger partial charge in [0.05, 0.1) is 12.0 Å². The first-order chi connectivity index (χ1) is 15.7. The normalized spacial score (nSPS) is 26.0. The van der Waals surface area contributed by atoms with E-state index in [2.05, 4.69) is 14.9 Å². The first kappa shape index (κ1) is 22.0. The number of likely N-dealkylation sites (tertiary alicyclic amines) is 2. The molecule has 1 N–H and O–H groups in total. The van der Waals surface area contributed by atoms with Gasteiger partial charge in [0.15, 0.2) is 5.82 Å². The minimum atomic E-state index is -4.75. The maximum atomic E-state index is 13.2. The van der Waals surface area contributed by atoms with Crippen LogP contribution in [-0.2, 0) is 0 Å². The van der Waals surface area contributed by atoms with Crippen LogP contribution in [0.2, 0.25) is 0 Å². The first-order valence-electron chi connectivity index (χ1n) is 11.2. The van der Waals surface area contributed by atoms with Gasteiger partial charge >= 0.3 is 12.4 Å². The summed E-state index contributed by atoms with van der Waals surface area (Å²) in [5.41, 5.74) is 0.801. The molecule has 5 rings (SSSR count). The number of benzene rings is 1. The molecule has 178 valence electrons. The zero-order valence-corrected chi connectivity index (χ0v) is 17.9. The van der Waals surface area contributed by atoms with Gasteiger partial charge in [-0.3, -0.25) is 0 Å². The molecule has 0 radical (unpaired) electrons. The lowest BCUT2D eigenvalue weighted by atomic mass is 9.84. The maximum Gasteiger partial charge on any atom is 0.573 e. The SMILES string of the molecule is O=C(N1CCC(O)C1)N1CC(c2ccc(OC(F)(F)F)cc2)CC(c2nc(C3CC3)no2)C1. The van der Waals surface area contributed by atoms with E-state index in [4.69, 9.17) is 4.52 Å². The summed E-state index contributed by atoms with van der Waals surface area (Å²) in [5, 5.41) is 13.9. The van der Waals surface area contributed by atoms with Gasteiger partial charge in [0.25, 0.3) is 0 Å². The fourth-order valence-electron chi connectivity index (χ4n) is 4.65. The minimum absolute atomic E-state index is 0.128. The zero-order valence-electron chi connectivity index (χ0n) is 17.9. The van der Waals surface area contributed by atoms with Gasteiger partial charge in [-0.2, -0.15) is 4.98 Å². The number of urea groups is 1. The number of carbonyl (C=O) groups excluding carboxylic acids is 1. The fraction of sp³-hybridized carbons (Fsp3) is 0.591. The molecule has 3 heterocycles. The number of carbonyl (C=O) groups is 1. The Balaban J connectivity index is 1.36. The van der Waals surface area contributed by atoms with Crippen LogP contribution < -0.4 is 4.74 Å². The fourth-order valence-corrected chi connectivity index (χ4v) is 4.65. The van der Waals surface area contributed by atoms with Crippen LogP contribution in [0.3, 0.4) is 0 Å². The third-order valence-electron chi connectivity index (χ3n) is 6.49. The van der Waals surface area contributed by atoms with Crippen LogP contribution in [0.15, 0.2) is 28.8 Å². The summed E-state index contributed by atoms with van der Waals surface area (Å²) in [6.07, 6.45) is -2.03. The van der Waals surface area contributed by atoms with Crippen LogP contribution in [-0.4, -0.2) is 69.7 Å². The number of aliphatic hydroxyl groups excluding tert-OH is 1. The number of aliphatic hydroxyl groups is 1. The van der Waals surface area contributed by atoms with Crippen molar-refractivity contribution in [3.8, 4) is 5.75 Å². The highest BCUT2D eigenvalue weighted by Gasteiger charge is 2.39. The summed E-state index contributed by atoms with van der Waals surface area (Å²) in [7, 11) is 0. The minimum Gasteiger partial charge on any atom is -0.406 e. The van der Waals surface area contributed by atoms with Gasteiger partial charge in [-0.05, 0) is 43.4 Å². The van der Waals surface area contributed by atoms with Crippen molar-refractivity contribution in [2.45, 2.75) is 55.9 Å². The average molecular weight is 466 g/mol. The lowest BCUT2D eigenvalue weighted by Crippen LogP contribution is -2.48. The number of ether oxygens (including phenoxy) is 1. The van der Waals surface area contributed by atoms with Crippen LogP contribution in [0, 0.1) is 0 Å². The number of hydrogen-bond donors (Lipinski definition) is 1. The molecule has 0 spiro atoms. The van der Waals surface area contributed by atoms with Crippen LogP contribution >= 0.6 is 0 Å². The Hall–Kier alpha value is -2.82. The second-order valence-corrected chi connectivity index (χ2v) is 9.09. The van der Waals surface area contributed by atoms with Gasteiger partial charge in [0, 0.05) is 38.0 Å². The molecule has 1 aromatic carbocycles. The molecule has 2 aromatic rings. The number of hydrogen-bond acceptors (Lipinski definition) is 6. The van der Waals surface area contributed by atoms with Crippen molar-refractivity contribution in [3.63, 3.8) is 0 Å². The number of piperidine rings is 1. The molecule has 1 aromatic heterocycles. The van der Waals surface area contributed by atoms with E-state index >= 15 is 0 Å². The Kier molecular flexibility index (Phi) is 5.67. The number of aromatic nitrogens is 2. The second kappa shape index (κ2) is 8.51. The molecule has 2 saturated heterocycles. The van der Waals surface area contributed by atoms with Crippen LogP contribution in [0.4, 0.5) is 18.0 Å². The lowest BCUT2D eigenvalue weighted by Gasteiger charge is -2.38. The Morgan fingerprint density at radius 3 is 2.39 bits per heavy atom. The third kappa shape index (κ3) is 5.07. The number of rotatable bonds is 4. The smallest absolute Gasteiger partial charge is 0.406 e. The van der Waals surface area contributed by atoms with Gasteiger partial charge in [-0.1, -0.05) is 17.3 Å². The lowest BCUT2D eigenvalue weighted by molar-refractivity contribution is -0.274. The van der Waals surface area contributed by atoms with Crippen molar-refractivity contribution in [1.29, 1.82) is 0 Å². The molecular weight excluding hydrogens is 441 g/mol. The maximum absolute atomic E-state index is 13.2. The molecule has 3 aliphatic rings. The van der Waals surface area contributed by atoms with E-state index in [1.165, 1.54) is 12.1 Å². The molecule has 1 saturated carbocycles. The van der Waals surface area contributed by atoms with Crippen LogP contribution in [0.1, 0.15) is 60.7 Å². The van der Waals surface area contributed by atoms with E-state index in [0.717, 1.165) is 18.4 Å². The molecule has 0 bridgehead atoms. The highest BCUT2D eigenvalue weighted by Crippen LogP contribution is 2.41. The molecule has 3 fully saturated rings. The summed E-state index contributed by atoms with van der Waals surface area (Å²) in [4.78, 5) is 21.1. The standard InChI is InChI=1S/C22H25F3N4O4/c23-22(24,25)32-18-5-3-13(4-6-18)15-9-16(20-26-19(27-33-20)14-1-2-14)11-29(10-15)21(31)28-8-7-17(30)12-28/h3-6,14-17,30H,1-2,7-12H2. The quantitative estimate of drug-likeness (QED) is 0.740. The molecule has 8 nitrogen and oxygen atoms in total. The molecule has 3 unspecified atom stereocenters. The van der Waals surface area contributed by atoms with Crippen molar-refractivity contribution in [2.75, 3.05) is 26.2 Å². The predicted octanol–water partition coefficient (Wildman–Crippen LogP) is 3.61. The summed E-state index contributed by atoms with van der Waals surface area (Å²) in [6.45, 7) is 1.59. The van der Waals surface area contributed by atoms with E-state index in [0.29, 0.717) is 56.7 Å². The highest BCUT2D eigenvalue weighted by molar-refractivity contribution is 5.75. The molecule has 2 aliphatic heterocycles. The zero-order chi connectivity index (χ0) is 23.2. The van der Waals surface area contributed by atoms with Crippen molar-refractivity contribution in [2.24, 2.45) is 0 Å². The Labute approximate surface area is 188 Å². The largest absolute Gasteiger partial charge is 0.573 e. The molecular formula is C22H25F3N4O4. The topological polar surface area (TPSA) is 91.9 Å². The van der Waals surface area contributed by atoms with Gasteiger partial charge in [0.1, 0.15) is 5.75 Å². The monoisotopic (exact) mass is 466 g/mol. The molecule has 11 heteroatoms.